The summed E-state index contributed by atoms with van der Waals surface area (Å²) < 4.78 is 11.4. The van der Waals surface area contributed by atoms with E-state index in [0.29, 0.717) is 61.8 Å². The lowest BCUT2D eigenvalue weighted by atomic mass is 9.73. The Morgan fingerprint density at radius 3 is 2.50 bits per heavy atom. The van der Waals surface area contributed by atoms with Gasteiger partial charge < -0.3 is 19.7 Å². The maximum absolute atomic E-state index is 13.7. The Hall–Kier alpha value is -3.70. The van der Waals surface area contributed by atoms with Crippen LogP contribution in [-0.4, -0.2) is 55.6 Å². The third-order valence-corrected chi connectivity index (χ3v) is 10.1. The van der Waals surface area contributed by atoms with Gasteiger partial charge in [-0.25, -0.2) is 0 Å². The average molecular weight is 712 g/mol. The molecule has 1 saturated heterocycles. The molecule has 10 nitrogen and oxygen atoms in total. The molecule has 2 amide bonds. The Labute approximate surface area is 295 Å². The van der Waals surface area contributed by atoms with E-state index in [1.165, 1.54) is 0 Å². The second-order valence-corrected chi connectivity index (χ2v) is 13.8. The molecule has 0 bridgehead atoms. The molecule has 13 heteroatoms. The molecule has 2 aliphatic heterocycles. The molecule has 1 aliphatic carbocycles. The third-order valence-electron chi connectivity index (χ3n) is 9.32. The van der Waals surface area contributed by atoms with E-state index in [1.54, 1.807) is 71.6 Å². The van der Waals surface area contributed by atoms with Gasteiger partial charge in [0.15, 0.2) is 18.0 Å². The molecule has 6 rings (SSSR count). The van der Waals surface area contributed by atoms with Crippen LogP contribution in [0.15, 0.2) is 76.0 Å². The van der Waals surface area contributed by atoms with Gasteiger partial charge in [-0.05, 0) is 92.6 Å². The molecule has 5 atom stereocenters. The summed E-state index contributed by atoms with van der Waals surface area (Å²) in [6, 6.07) is 16.5. The predicted octanol–water partition coefficient (Wildman–Crippen LogP) is 8.32. The fourth-order valence-corrected chi connectivity index (χ4v) is 7.67. The van der Waals surface area contributed by atoms with Crippen molar-refractivity contribution in [1.29, 1.82) is 0 Å². The van der Waals surface area contributed by atoms with Crippen molar-refractivity contribution in [2.75, 3.05) is 30.1 Å². The van der Waals surface area contributed by atoms with E-state index < -0.39 is 18.1 Å². The summed E-state index contributed by atoms with van der Waals surface area (Å²) in [5, 5.41) is 19.0. The van der Waals surface area contributed by atoms with Crippen molar-refractivity contribution in [2.24, 2.45) is 27.2 Å². The summed E-state index contributed by atoms with van der Waals surface area (Å²) in [5.41, 5.74) is 1.60. The number of benzene rings is 3. The average Bonchev–Trinajstić information content (AvgIpc) is 3.67. The molecule has 3 aromatic carbocycles. The van der Waals surface area contributed by atoms with Crippen molar-refractivity contribution < 1.29 is 19.1 Å². The molecular weight excluding hydrogens is 675 g/mol. The molecule has 0 aromatic heterocycles. The maximum atomic E-state index is 13.7. The Bertz CT molecular complexity index is 1750. The number of ether oxygens (including phenoxy) is 2. The smallest absolute Gasteiger partial charge is 0.259 e. The van der Waals surface area contributed by atoms with Gasteiger partial charge in [-0.2, -0.15) is 15.3 Å². The van der Waals surface area contributed by atoms with E-state index in [2.05, 4.69) is 34.5 Å². The van der Waals surface area contributed by atoms with E-state index in [9.17, 15) is 9.59 Å². The van der Waals surface area contributed by atoms with Crippen LogP contribution in [0.4, 0.5) is 17.1 Å². The summed E-state index contributed by atoms with van der Waals surface area (Å²) >= 11 is 19.2. The Balaban J connectivity index is 1.23. The molecule has 1 N–H and O–H groups in total. The number of epoxide rings is 1. The highest BCUT2D eigenvalue weighted by Crippen LogP contribution is 2.53. The lowest BCUT2D eigenvalue weighted by Gasteiger charge is -2.31. The first-order chi connectivity index (χ1) is 23.0. The van der Waals surface area contributed by atoms with E-state index >= 15 is 0 Å². The van der Waals surface area contributed by atoms with Gasteiger partial charge in [0.25, 0.3) is 11.8 Å². The van der Waals surface area contributed by atoms with E-state index in [4.69, 9.17) is 44.3 Å². The number of amides is 2. The molecule has 2 heterocycles. The minimum Gasteiger partial charge on any atom is -0.497 e. The molecule has 1 spiro atoms. The summed E-state index contributed by atoms with van der Waals surface area (Å²) in [7, 11) is 1.59. The highest BCUT2D eigenvalue weighted by Gasteiger charge is 2.65. The van der Waals surface area contributed by atoms with Crippen molar-refractivity contribution in [3.05, 3.63) is 81.3 Å². The zero-order valence-corrected chi connectivity index (χ0v) is 29.4. The molecular formula is C35H37Cl3N6O4. The van der Waals surface area contributed by atoms with Gasteiger partial charge in [-0.15, -0.1) is 0 Å². The number of anilines is 2. The summed E-state index contributed by atoms with van der Waals surface area (Å²) in [5.74, 6) is 1.38. The normalized spacial score (nSPS) is 24.9. The Morgan fingerprint density at radius 1 is 1.10 bits per heavy atom. The Morgan fingerprint density at radius 2 is 1.83 bits per heavy atom. The van der Waals surface area contributed by atoms with Crippen LogP contribution in [0.1, 0.15) is 50.4 Å². The van der Waals surface area contributed by atoms with Gasteiger partial charge in [-0.3, -0.25) is 14.6 Å². The quantitative estimate of drug-likeness (QED) is 0.187. The molecule has 2 fully saturated rings. The molecule has 48 heavy (non-hydrogen) atoms. The fourth-order valence-electron chi connectivity index (χ4n) is 6.65. The van der Waals surface area contributed by atoms with E-state index in [-0.39, 0.29) is 23.9 Å². The van der Waals surface area contributed by atoms with Gasteiger partial charge in [0.1, 0.15) is 11.4 Å². The molecule has 1 saturated carbocycles. The fraction of sp³-hybridized carbons (Fsp3) is 0.400. The van der Waals surface area contributed by atoms with Crippen LogP contribution in [-0.2, 0) is 9.53 Å². The number of likely N-dealkylation sites (N-methyl/N-ethyl adjacent to an activating group) is 1. The third kappa shape index (κ3) is 6.89. The van der Waals surface area contributed by atoms with Crippen LogP contribution in [0, 0.1) is 11.8 Å². The highest BCUT2D eigenvalue weighted by molar-refractivity contribution is 6.41. The number of carbonyl (C=O) groups excluding carboxylic acids is 2. The van der Waals surface area contributed by atoms with Gasteiger partial charge in [-0.1, -0.05) is 54.7 Å². The van der Waals surface area contributed by atoms with Gasteiger partial charge >= 0.3 is 0 Å². The lowest BCUT2D eigenvalue weighted by molar-refractivity contribution is -0.119. The monoisotopic (exact) mass is 710 g/mol. The molecule has 5 unspecified atom stereocenters. The number of methoxy groups -OCH3 is 1. The number of hydrogen-bond acceptors (Lipinski definition) is 8. The number of hydrogen-bond donors (Lipinski definition) is 1. The Kier molecular flexibility index (Phi) is 9.99. The number of halogens is 3. The first kappa shape index (κ1) is 34.2. The van der Waals surface area contributed by atoms with Gasteiger partial charge in [0, 0.05) is 22.8 Å². The topological polar surface area (TPSA) is 111 Å². The molecule has 3 aliphatic rings. The van der Waals surface area contributed by atoms with Crippen molar-refractivity contribution in [2.45, 2.75) is 57.8 Å². The van der Waals surface area contributed by atoms with Crippen LogP contribution in [0.3, 0.4) is 0 Å². The van der Waals surface area contributed by atoms with E-state index in [1.807, 2.05) is 13.0 Å². The van der Waals surface area contributed by atoms with Crippen molar-refractivity contribution in [1.82, 2.24) is 5.32 Å². The van der Waals surface area contributed by atoms with Crippen molar-refractivity contribution >= 4 is 69.5 Å². The van der Waals surface area contributed by atoms with Crippen LogP contribution in [0.25, 0.3) is 0 Å². The minimum absolute atomic E-state index is 0.0806. The summed E-state index contributed by atoms with van der Waals surface area (Å²) in [6.45, 7) is 6.98. The molecule has 0 radical (unpaired) electrons. The molecule has 252 valence electrons. The second-order valence-electron chi connectivity index (χ2n) is 12.5. The number of hydrazone groups is 1. The number of carbonyl (C=O) groups is 2. The highest BCUT2D eigenvalue weighted by atomic mass is 35.5. The first-order valence-corrected chi connectivity index (χ1v) is 17.1. The summed E-state index contributed by atoms with van der Waals surface area (Å²) in [6.07, 6.45) is 2.51. The molecule has 3 aromatic rings. The number of rotatable bonds is 8. The minimum atomic E-state index is -0.667. The SMILES string of the molecule is CCN(C(=O)C1OC12CCC(C)CC2C)c1cccc(C(=O)NC2=NN(c3c(Cl)cc(Cl)cc3Cl)CC2N=Nc2ccc(OC)cc2)c1. The van der Waals surface area contributed by atoms with Crippen molar-refractivity contribution in [3.8, 4) is 5.75 Å². The van der Waals surface area contributed by atoms with Crippen molar-refractivity contribution in [3.63, 3.8) is 0 Å². The van der Waals surface area contributed by atoms with Crippen LogP contribution in [0.5, 0.6) is 5.75 Å². The number of amidine groups is 1. The summed E-state index contributed by atoms with van der Waals surface area (Å²) in [4.78, 5) is 29.1. The van der Waals surface area contributed by atoms with Crippen LogP contribution >= 0.6 is 34.8 Å². The zero-order chi connectivity index (χ0) is 34.2. The second kappa shape index (κ2) is 14.0. The predicted molar refractivity (Wildman–Crippen MR) is 189 cm³/mol. The lowest BCUT2D eigenvalue weighted by Crippen LogP contribution is -2.41. The number of nitrogens with zero attached hydrogens (tertiary/aromatic N) is 5. The van der Waals surface area contributed by atoms with E-state index in [0.717, 1.165) is 19.3 Å². The first-order valence-electron chi connectivity index (χ1n) is 16.0. The van der Waals surface area contributed by atoms with Gasteiger partial charge in [0.2, 0.25) is 0 Å². The standard InChI is InChI=1S/C35H37Cl3N6O4/c1-5-43(34(46)31-35(48-31)14-13-20(2)15-21(35)3)25-8-6-7-22(16-25)33(45)39-32-29(41-40-24-9-11-26(47-4)12-10-24)19-44(42-32)30-27(37)17-23(36)18-28(30)38/h6-12,16-18,20-21,29,31H,5,13-15,19H2,1-4H3,(H,39,42,45). The zero-order valence-electron chi connectivity index (χ0n) is 27.1. The van der Waals surface area contributed by atoms with Crippen LogP contribution < -0.4 is 20.0 Å². The largest absolute Gasteiger partial charge is 0.497 e. The van der Waals surface area contributed by atoms with Gasteiger partial charge in [0.05, 0.1) is 35.1 Å². The maximum Gasteiger partial charge on any atom is 0.259 e. The van der Waals surface area contributed by atoms with Crippen LogP contribution in [0.2, 0.25) is 15.1 Å². The number of azo groups is 1. The number of nitrogens with one attached hydrogen (secondary N) is 1.